The van der Waals surface area contributed by atoms with Gasteiger partial charge in [0, 0.05) is 66.8 Å². The molecule has 10 aromatic rings. The topological polar surface area (TPSA) is 24.6 Å². The zero-order chi connectivity index (χ0) is 50.3. The molecule has 8 aromatic carbocycles. The first-order valence-electron chi connectivity index (χ1n) is 27.0. The summed E-state index contributed by atoms with van der Waals surface area (Å²) in [6.07, 6.45) is 4.61. The van der Waals surface area contributed by atoms with Crippen LogP contribution >= 0.6 is 0 Å². The minimum absolute atomic E-state index is 0.000758. The molecule has 0 radical (unpaired) electrons. The predicted molar refractivity (Wildman–Crippen MR) is 311 cm³/mol. The standard InChI is InChI=1S/C68H66BN3O/c1-64(2,3)41-26-28-44(29-27-41)72-55-36-45(70(42-20-14-12-15-21-42)43-22-16-13-17-23-43)30-31-46(55)60-61-62-58(59-47-24-18-19-25-57(47)73-63(59)60)48-37-49-51(67(8,9)34-32-65(49,4)5)39-54(48)71(62)56-40-52-50(38-53(56)69(61)72)66(6,7)33-35-68(52,10)11/h12-31,36-40H,32-35H2,1-11H3. The second kappa shape index (κ2) is 14.8. The normalized spacial score (nSPS) is 17.7. The third kappa shape index (κ3) is 6.27. The highest BCUT2D eigenvalue weighted by atomic mass is 16.3. The molecule has 0 fully saturated rings. The van der Waals surface area contributed by atoms with E-state index in [1.807, 2.05) is 0 Å². The number of benzene rings is 8. The van der Waals surface area contributed by atoms with Gasteiger partial charge in [0.2, 0.25) is 0 Å². The maximum atomic E-state index is 7.44. The lowest BCUT2D eigenvalue weighted by atomic mass is 9.43. The molecule has 2 aromatic heterocycles. The molecule has 73 heavy (non-hydrogen) atoms. The first kappa shape index (κ1) is 44.7. The van der Waals surface area contributed by atoms with E-state index in [1.165, 1.54) is 99.5 Å². The third-order valence-electron chi connectivity index (χ3n) is 18.4. The fraction of sp³-hybridized carbons (Fsp3) is 0.294. The minimum atomic E-state index is -0.180. The molecule has 4 aliphatic rings. The summed E-state index contributed by atoms with van der Waals surface area (Å²) in [5.74, 6) is 0. The highest BCUT2D eigenvalue weighted by Gasteiger charge is 2.49. The van der Waals surface area contributed by atoms with Crippen molar-refractivity contribution in [1.29, 1.82) is 0 Å². The van der Waals surface area contributed by atoms with Crippen LogP contribution in [0.4, 0.5) is 28.4 Å². The lowest BCUT2D eigenvalue weighted by Crippen LogP contribution is -2.61. The summed E-state index contributed by atoms with van der Waals surface area (Å²) in [5.41, 5.74) is 23.9. The summed E-state index contributed by atoms with van der Waals surface area (Å²) in [6.45, 7) is 26.6. The van der Waals surface area contributed by atoms with Crippen LogP contribution in [0.15, 0.2) is 156 Å². The van der Waals surface area contributed by atoms with E-state index in [0.717, 1.165) is 53.9 Å². The number of furan rings is 1. The van der Waals surface area contributed by atoms with Gasteiger partial charge < -0.3 is 18.7 Å². The van der Waals surface area contributed by atoms with Gasteiger partial charge in [-0.25, -0.2) is 0 Å². The summed E-state index contributed by atoms with van der Waals surface area (Å²) in [6, 6.07) is 57.9. The highest BCUT2D eigenvalue weighted by Crippen LogP contribution is 2.56. The van der Waals surface area contributed by atoms with Crippen molar-refractivity contribution in [3.63, 3.8) is 0 Å². The predicted octanol–water partition coefficient (Wildman–Crippen LogP) is 17.4. The molecule has 4 heterocycles. The summed E-state index contributed by atoms with van der Waals surface area (Å²) in [5, 5.41) is 5.03. The van der Waals surface area contributed by atoms with Crippen LogP contribution in [0.3, 0.4) is 0 Å². The molecule has 0 unspecified atom stereocenters. The molecular formula is C68H66BN3O. The zero-order valence-corrected chi connectivity index (χ0v) is 44.6. The first-order valence-corrected chi connectivity index (χ1v) is 27.0. The number of aromatic nitrogens is 1. The van der Waals surface area contributed by atoms with Crippen LogP contribution in [-0.4, -0.2) is 11.4 Å². The summed E-state index contributed by atoms with van der Waals surface area (Å²) in [4.78, 5) is 5.13. The number of hydrogen-bond acceptors (Lipinski definition) is 3. The summed E-state index contributed by atoms with van der Waals surface area (Å²) in [7, 11) is 0. The zero-order valence-electron chi connectivity index (χ0n) is 44.6. The van der Waals surface area contributed by atoms with Crippen LogP contribution in [0.5, 0.6) is 0 Å². The van der Waals surface area contributed by atoms with Gasteiger partial charge in [-0.1, -0.05) is 155 Å². The lowest BCUT2D eigenvalue weighted by molar-refractivity contribution is 0.332. The number of nitrogens with zero attached hydrogens (tertiary/aromatic N) is 3. The number of rotatable bonds is 4. The van der Waals surface area contributed by atoms with Gasteiger partial charge in [0.15, 0.2) is 0 Å². The molecule has 14 rings (SSSR count). The number of anilines is 5. The Bertz CT molecular complexity index is 3920. The Morgan fingerprint density at radius 1 is 0.521 bits per heavy atom. The van der Waals surface area contributed by atoms with Crippen molar-refractivity contribution in [3.05, 3.63) is 179 Å². The van der Waals surface area contributed by atoms with Crippen LogP contribution in [0, 0.1) is 0 Å². The van der Waals surface area contributed by atoms with Gasteiger partial charge in [-0.2, -0.15) is 0 Å². The highest BCUT2D eigenvalue weighted by molar-refractivity contribution is 6.94. The van der Waals surface area contributed by atoms with Gasteiger partial charge in [-0.3, -0.25) is 0 Å². The second-order valence-electron chi connectivity index (χ2n) is 25.8. The fourth-order valence-corrected chi connectivity index (χ4v) is 14.0. The molecule has 0 amide bonds. The Hall–Kier alpha value is -6.98. The van der Waals surface area contributed by atoms with Gasteiger partial charge >= 0.3 is 6.85 Å². The van der Waals surface area contributed by atoms with Crippen LogP contribution < -0.4 is 20.6 Å². The summed E-state index contributed by atoms with van der Waals surface area (Å²) < 4.78 is 10.2. The Morgan fingerprint density at radius 3 is 1.70 bits per heavy atom. The fourth-order valence-electron chi connectivity index (χ4n) is 14.0. The van der Waals surface area contributed by atoms with E-state index in [9.17, 15) is 0 Å². The maximum absolute atomic E-state index is 7.44. The Balaban J connectivity index is 1.20. The van der Waals surface area contributed by atoms with Gasteiger partial charge in [0.05, 0.1) is 11.0 Å². The van der Waals surface area contributed by atoms with Crippen molar-refractivity contribution in [1.82, 2.24) is 4.57 Å². The Kier molecular flexibility index (Phi) is 9.09. The van der Waals surface area contributed by atoms with Crippen molar-refractivity contribution >= 4 is 90.0 Å². The van der Waals surface area contributed by atoms with Crippen molar-refractivity contribution in [2.45, 2.75) is 129 Å². The van der Waals surface area contributed by atoms with Crippen LogP contribution in [-0.2, 0) is 27.1 Å². The lowest BCUT2D eigenvalue weighted by Gasteiger charge is -2.46. The maximum Gasteiger partial charge on any atom is 0.333 e. The molecule has 0 saturated heterocycles. The molecule has 2 aliphatic heterocycles. The van der Waals surface area contributed by atoms with E-state index in [0.29, 0.717) is 0 Å². The summed E-state index contributed by atoms with van der Waals surface area (Å²) >= 11 is 0. The molecular weight excluding hydrogens is 886 g/mol. The van der Waals surface area contributed by atoms with Gasteiger partial charge in [-0.15, -0.1) is 0 Å². The van der Waals surface area contributed by atoms with Crippen molar-refractivity contribution in [2.75, 3.05) is 9.71 Å². The van der Waals surface area contributed by atoms with Crippen LogP contribution in [0.25, 0.3) is 60.6 Å². The number of para-hydroxylation sites is 3. The van der Waals surface area contributed by atoms with Crippen LogP contribution in [0.2, 0.25) is 0 Å². The third-order valence-corrected chi connectivity index (χ3v) is 18.4. The second-order valence-corrected chi connectivity index (χ2v) is 25.8. The van der Waals surface area contributed by atoms with E-state index in [1.54, 1.807) is 0 Å². The molecule has 0 N–H and O–H groups in total. The smallest absolute Gasteiger partial charge is 0.333 e. The molecule has 0 saturated carbocycles. The molecule has 362 valence electrons. The quantitative estimate of drug-likeness (QED) is 0.164. The van der Waals surface area contributed by atoms with Crippen molar-refractivity contribution in [2.24, 2.45) is 0 Å². The van der Waals surface area contributed by atoms with E-state index in [-0.39, 0.29) is 33.9 Å². The Labute approximate surface area is 431 Å². The van der Waals surface area contributed by atoms with E-state index in [2.05, 4.69) is 242 Å². The van der Waals surface area contributed by atoms with Crippen molar-refractivity contribution < 1.29 is 4.42 Å². The SMILES string of the molecule is CC(C)(C)c1ccc(N2B3c4cc5c(cc4-n4c6cc7c(cc6c6c8c(oc9ccccc98)c(c3c64)-c3ccc(N(c4ccccc4)c4ccccc4)cc32)C(C)(C)CCC7(C)C)C(C)(C)CCC5(C)C)cc1. The van der Waals surface area contributed by atoms with E-state index in [4.69, 9.17) is 4.42 Å². The molecule has 0 spiro atoms. The number of fused-ring (bicyclic) bond motifs is 15. The molecule has 4 nitrogen and oxygen atoms in total. The van der Waals surface area contributed by atoms with Crippen LogP contribution in [0.1, 0.15) is 130 Å². The van der Waals surface area contributed by atoms with E-state index < -0.39 is 0 Å². The first-order chi connectivity index (χ1) is 34.8. The van der Waals surface area contributed by atoms with Crippen molar-refractivity contribution in [3.8, 4) is 16.8 Å². The monoisotopic (exact) mass is 952 g/mol. The Morgan fingerprint density at radius 2 is 1.08 bits per heavy atom. The average Bonchev–Trinajstić information content (AvgIpc) is 3.96. The molecule has 5 heteroatoms. The minimum Gasteiger partial charge on any atom is -0.455 e. The largest absolute Gasteiger partial charge is 0.455 e. The van der Waals surface area contributed by atoms with Gasteiger partial charge in [0.25, 0.3) is 0 Å². The average molecular weight is 952 g/mol. The number of hydrogen-bond donors (Lipinski definition) is 0. The van der Waals surface area contributed by atoms with E-state index >= 15 is 0 Å². The molecule has 2 aliphatic carbocycles. The molecule has 0 bridgehead atoms. The van der Waals surface area contributed by atoms with Gasteiger partial charge in [-0.05, 0) is 164 Å². The van der Waals surface area contributed by atoms with Gasteiger partial charge in [0.1, 0.15) is 11.2 Å². The molecule has 0 atom stereocenters.